The molecule has 0 aliphatic heterocycles. The van der Waals surface area contributed by atoms with Gasteiger partial charge in [0.1, 0.15) is 6.04 Å². The van der Waals surface area contributed by atoms with Crippen LogP contribution in [0.25, 0.3) is 11.3 Å². The number of rotatable bonds is 8. The number of oxazole rings is 1. The fourth-order valence-corrected chi connectivity index (χ4v) is 2.19. The lowest BCUT2D eigenvalue weighted by molar-refractivity contribution is -0.142. The molecule has 0 saturated carbocycles. The van der Waals surface area contributed by atoms with Crippen LogP contribution in [0.4, 0.5) is 0 Å². The Labute approximate surface area is 134 Å². The summed E-state index contributed by atoms with van der Waals surface area (Å²) in [6.07, 6.45) is 3.20. The summed E-state index contributed by atoms with van der Waals surface area (Å²) < 4.78 is 5.61. The highest BCUT2D eigenvalue weighted by Gasteiger charge is 2.19. The minimum absolute atomic E-state index is 0.141. The molecule has 0 aliphatic rings. The van der Waals surface area contributed by atoms with Crippen LogP contribution in [0, 0.1) is 0 Å². The minimum Gasteiger partial charge on any atom is -0.480 e. The number of benzene rings is 1. The molecule has 0 spiro atoms. The molecule has 6 heteroatoms. The van der Waals surface area contributed by atoms with Gasteiger partial charge < -0.3 is 14.8 Å². The molecule has 0 aliphatic carbocycles. The van der Waals surface area contributed by atoms with Crippen LogP contribution in [-0.2, 0) is 16.0 Å². The van der Waals surface area contributed by atoms with Gasteiger partial charge in [-0.3, -0.25) is 4.79 Å². The van der Waals surface area contributed by atoms with Gasteiger partial charge in [0.05, 0.1) is 6.20 Å². The maximum Gasteiger partial charge on any atom is 0.326 e. The van der Waals surface area contributed by atoms with Crippen LogP contribution in [0.1, 0.15) is 32.1 Å². The van der Waals surface area contributed by atoms with Gasteiger partial charge in [0.2, 0.25) is 5.91 Å². The molecule has 1 heterocycles. The number of hydrogen-bond donors (Lipinski definition) is 2. The molecule has 0 saturated heterocycles. The highest BCUT2D eigenvalue weighted by atomic mass is 16.4. The van der Waals surface area contributed by atoms with Crippen molar-refractivity contribution in [2.45, 2.75) is 38.6 Å². The zero-order chi connectivity index (χ0) is 16.7. The molecule has 0 fully saturated rings. The van der Waals surface area contributed by atoms with Crippen LogP contribution in [0.2, 0.25) is 0 Å². The molecular formula is C17H20N2O4. The standard InChI is InChI=1S/C17H20N2O4/c1-2-6-13(17(21)22)19-15(20)9-10-16-18-11-14(23-16)12-7-4-3-5-8-12/h3-5,7-8,11,13H,2,6,9-10H2,1H3,(H,19,20)(H,21,22). The number of nitrogens with one attached hydrogen (secondary N) is 1. The number of carbonyl (C=O) groups is 2. The molecule has 1 unspecified atom stereocenters. The second kappa shape index (κ2) is 8.12. The van der Waals surface area contributed by atoms with Crippen molar-refractivity contribution >= 4 is 11.9 Å². The van der Waals surface area contributed by atoms with Crippen molar-refractivity contribution in [3.63, 3.8) is 0 Å². The zero-order valence-electron chi connectivity index (χ0n) is 13.0. The highest BCUT2D eigenvalue weighted by Crippen LogP contribution is 2.20. The first-order valence-corrected chi connectivity index (χ1v) is 7.62. The van der Waals surface area contributed by atoms with Crippen molar-refractivity contribution in [2.24, 2.45) is 0 Å². The Balaban J connectivity index is 1.87. The summed E-state index contributed by atoms with van der Waals surface area (Å²) in [4.78, 5) is 27.0. The Bertz CT molecular complexity index is 652. The number of aromatic nitrogens is 1. The second-order valence-corrected chi connectivity index (χ2v) is 5.23. The molecule has 23 heavy (non-hydrogen) atoms. The zero-order valence-corrected chi connectivity index (χ0v) is 13.0. The molecule has 122 valence electrons. The summed E-state index contributed by atoms with van der Waals surface area (Å²) in [6.45, 7) is 1.87. The first kappa shape index (κ1) is 16.7. The molecule has 1 amide bonds. The smallest absolute Gasteiger partial charge is 0.326 e. The van der Waals surface area contributed by atoms with Crippen molar-refractivity contribution in [2.75, 3.05) is 0 Å². The number of nitrogens with zero attached hydrogens (tertiary/aromatic N) is 1. The molecule has 2 rings (SSSR count). The van der Waals surface area contributed by atoms with Crippen molar-refractivity contribution in [3.8, 4) is 11.3 Å². The number of amides is 1. The topological polar surface area (TPSA) is 92.4 Å². The van der Waals surface area contributed by atoms with E-state index in [1.54, 1.807) is 6.20 Å². The van der Waals surface area contributed by atoms with E-state index in [1.807, 2.05) is 37.3 Å². The van der Waals surface area contributed by atoms with Gasteiger partial charge in [0.25, 0.3) is 0 Å². The lowest BCUT2D eigenvalue weighted by Gasteiger charge is -2.12. The highest BCUT2D eigenvalue weighted by molar-refractivity contribution is 5.83. The number of aliphatic carboxylic acids is 1. The van der Waals surface area contributed by atoms with E-state index >= 15 is 0 Å². The van der Waals surface area contributed by atoms with Gasteiger partial charge in [-0.15, -0.1) is 0 Å². The quantitative estimate of drug-likeness (QED) is 0.781. The van der Waals surface area contributed by atoms with Gasteiger partial charge >= 0.3 is 5.97 Å². The molecule has 2 N–H and O–H groups in total. The van der Waals surface area contributed by atoms with E-state index in [-0.39, 0.29) is 12.3 Å². The van der Waals surface area contributed by atoms with Crippen LogP contribution < -0.4 is 5.32 Å². The van der Waals surface area contributed by atoms with Gasteiger partial charge in [-0.05, 0) is 6.42 Å². The van der Waals surface area contributed by atoms with E-state index in [9.17, 15) is 9.59 Å². The summed E-state index contributed by atoms with van der Waals surface area (Å²) in [5.41, 5.74) is 0.921. The van der Waals surface area contributed by atoms with E-state index < -0.39 is 12.0 Å². The summed E-state index contributed by atoms with van der Waals surface area (Å²) in [6, 6.07) is 8.73. The van der Waals surface area contributed by atoms with Gasteiger partial charge in [0, 0.05) is 18.4 Å². The predicted molar refractivity (Wildman–Crippen MR) is 84.7 cm³/mol. The number of carboxylic acids is 1. The molecule has 6 nitrogen and oxygen atoms in total. The minimum atomic E-state index is -1.01. The number of carboxylic acid groups (broad SMARTS) is 1. The van der Waals surface area contributed by atoms with E-state index in [0.29, 0.717) is 30.9 Å². The molecule has 1 atom stereocenters. The van der Waals surface area contributed by atoms with Crippen molar-refractivity contribution in [3.05, 3.63) is 42.4 Å². The van der Waals surface area contributed by atoms with E-state index in [2.05, 4.69) is 10.3 Å². The van der Waals surface area contributed by atoms with Crippen molar-refractivity contribution < 1.29 is 19.1 Å². The number of aryl methyl sites for hydroxylation is 1. The Morgan fingerprint density at radius 1 is 1.30 bits per heavy atom. The van der Waals surface area contributed by atoms with Gasteiger partial charge in [-0.25, -0.2) is 9.78 Å². The summed E-state index contributed by atoms with van der Waals surface area (Å²) in [5, 5.41) is 11.5. The average Bonchev–Trinajstić information content (AvgIpc) is 3.02. The Morgan fingerprint density at radius 2 is 2.04 bits per heavy atom. The molecule has 1 aromatic carbocycles. The van der Waals surface area contributed by atoms with Crippen LogP contribution in [-0.4, -0.2) is 28.0 Å². The van der Waals surface area contributed by atoms with Crippen LogP contribution in [0.15, 0.2) is 40.9 Å². The van der Waals surface area contributed by atoms with Gasteiger partial charge in [-0.1, -0.05) is 43.7 Å². The van der Waals surface area contributed by atoms with Crippen molar-refractivity contribution in [1.82, 2.24) is 10.3 Å². The van der Waals surface area contributed by atoms with E-state index in [1.165, 1.54) is 0 Å². The maximum absolute atomic E-state index is 11.8. The fraction of sp³-hybridized carbons (Fsp3) is 0.353. The van der Waals surface area contributed by atoms with E-state index in [4.69, 9.17) is 9.52 Å². The summed E-state index contributed by atoms with van der Waals surface area (Å²) in [7, 11) is 0. The lowest BCUT2D eigenvalue weighted by atomic mass is 10.1. The third kappa shape index (κ3) is 4.95. The molecular weight excluding hydrogens is 296 g/mol. The third-order valence-corrected chi connectivity index (χ3v) is 3.39. The maximum atomic E-state index is 11.8. The van der Waals surface area contributed by atoms with Crippen LogP contribution in [0.3, 0.4) is 0 Å². The van der Waals surface area contributed by atoms with Crippen LogP contribution in [0.5, 0.6) is 0 Å². The number of hydrogen-bond acceptors (Lipinski definition) is 4. The molecule has 2 aromatic rings. The monoisotopic (exact) mass is 316 g/mol. The van der Waals surface area contributed by atoms with Gasteiger partial charge in [-0.2, -0.15) is 0 Å². The Hall–Kier alpha value is -2.63. The first-order chi connectivity index (χ1) is 11.1. The fourth-order valence-electron chi connectivity index (χ4n) is 2.19. The molecule has 0 bridgehead atoms. The lowest BCUT2D eigenvalue weighted by Crippen LogP contribution is -2.40. The van der Waals surface area contributed by atoms with Crippen LogP contribution >= 0.6 is 0 Å². The van der Waals surface area contributed by atoms with Gasteiger partial charge in [0.15, 0.2) is 11.7 Å². The summed E-state index contributed by atoms with van der Waals surface area (Å²) >= 11 is 0. The van der Waals surface area contributed by atoms with E-state index in [0.717, 1.165) is 5.56 Å². The molecule has 0 radical (unpaired) electrons. The Kier molecular flexibility index (Phi) is 5.91. The largest absolute Gasteiger partial charge is 0.480 e. The number of carbonyl (C=O) groups excluding carboxylic acids is 1. The first-order valence-electron chi connectivity index (χ1n) is 7.62. The molecule has 1 aromatic heterocycles. The third-order valence-electron chi connectivity index (χ3n) is 3.39. The average molecular weight is 316 g/mol. The Morgan fingerprint density at radius 3 is 2.70 bits per heavy atom. The summed E-state index contributed by atoms with van der Waals surface area (Å²) in [5.74, 6) is -0.218. The van der Waals surface area contributed by atoms with Crippen molar-refractivity contribution in [1.29, 1.82) is 0 Å². The normalized spacial score (nSPS) is 11.9. The predicted octanol–water partition coefficient (Wildman–Crippen LogP) is 2.64. The SMILES string of the molecule is CCCC(NC(=O)CCc1ncc(-c2ccccc2)o1)C(=O)O. The second-order valence-electron chi connectivity index (χ2n) is 5.23.